The quantitative estimate of drug-likeness (QED) is 0.830. The summed E-state index contributed by atoms with van der Waals surface area (Å²) in [4.78, 5) is 0. The summed E-state index contributed by atoms with van der Waals surface area (Å²) in [5, 5.41) is 3.67. The third-order valence-electron chi connectivity index (χ3n) is 4.28. The van der Waals surface area contributed by atoms with Crippen molar-refractivity contribution in [2.24, 2.45) is 5.92 Å². The van der Waals surface area contributed by atoms with Crippen molar-refractivity contribution in [2.75, 3.05) is 13.2 Å². The molecule has 2 aliphatic carbocycles. The first-order chi connectivity index (χ1) is 8.88. The Kier molecular flexibility index (Phi) is 3.55. The second-order valence-corrected chi connectivity index (χ2v) is 5.60. The van der Waals surface area contributed by atoms with E-state index in [0.29, 0.717) is 5.92 Å². The van der Waals surface area contributed by atoms with Crippen molar-refractivity contribution in [1.82, 2.24) is 5.32 Å². The van der Waals surface area contributed by atoms with Crippen LogP contribution in [0.25, 0.3) is 0 Å². The van der Waals surface area contributed by atoms with Crippen LogP contribution in [0, 0.1) is 5.92 Å². The lowest BCUT2D eigenvalue weighted by Crippen LogP contribution is -2.35. The first kappa shape index (κ1) is 12.0. The minimum atomic E-state index is 0.707. The smallest absolute Gasteiger partial charge is 0.122 e. The fraction of sp³-hybridized carbons (Fsp3) is 0.625. The zero-order chi connectivity index (χ0) is 12.4. The van der Waals surface area contributed by atoms with Crippen LogP contribution in [0.2, 0.25) is 0 Å². The molecule has 0 spiro atoms. The van der Waals surface area contributed by atoms with E-state index in [0.717, 1.165) is 24.3 Å². The average Bonchev–Trinajstić information content (AvgIpc) is 3.15. The van der Waals surface area contributed by atoms with E-state index >= 15 is 0 Å². The summed E-state index contributed by atoms with van der Waals surface area (Å²) in [5.74, 6) is 2.62. The van der Waals surface area contributed by atoms with Crippen molar-refractivity contribution in [3.05, 3.63) is 29.8 Å². The summed E-state index contributed by atoms with van der Waals surface area (Å²) in [6, 6.07) is 9.40. The second-order valence-electron chi connectivity index (χ2n) is 5.60. The number of ether oxygens (including phenoxy) is 1. The molecule has 18 heavy (non-hydrogen) atoms. The van der Waals surface area contributed by atoms with Gasteiger partial charge in [-0.25, -0.2) is 0 Å². The average molecular weight is 245 g/mol. The van der Waals surface area contributed by atoms with E-state index in [1.807, 2.05) is 0 Å². The summed E-state index contributed by atoms with van der Waals surface area (Å²) < 4.78 is 5.76. The van der Waals surface area contributed by atoms with Crippen LogP contribution in [0.3, 0.4) is 0 Å². The summed E-state index contributed by atoms with van der Waals surface area (Å²) in [6.07, 6.45) is 5.45. The molecule has 2 nitrogen and oxygen atoms in total. The SMILES string of the molecule is CCOc1ccccc1C1CCC1CNC1CC1. The zero-order valence-electron chi connectivity index (χ0n) is 11.2. The van der Waals surface area contributed by atoms with Crippen LogP contribution < -0.4 is 10.1 Å². The van der Waals surface area contributed by atoms with E-state index in [-0.39, 0.29) is 0 Å². The maximum absolute atomic E-state index is 5.76. The van der Waals surface area contributed by atoms with E-state index in [1.54, 1.807) is 0 Å². The van der Waals surface area contributed by atoms with Gasteiger partial charge in [0, 0.05) is 6.04 Å². The number of para-hydroxylation sites is 1. The molecule has 1 aromatic rings. The molecule has 2 heteroatoms. The number of hydrogen-bond acceptors (Lipinski definition) is 2. The normalized spacial score (nSPS) is 26.7. The molecule has 0 aromatic heterocycles. The van der Waals surface area contributed by atoms with Crippen molar-refractivity contribution in [3.8, 4) is 5.75 Å². The Hall–Kier alpha value is -1.02. The molecule has 0 amide bonds. The van der Waals surface area contributed by atoms with E-state index in [1.165, 1.54) is 37.8 Å². The molecule has 0 aliphatic heterocycles. The third-order valence-corrected chi connectivity index (χ3v) is 4.28. The minimum Gasteiger partial charge on any atom is -0.494 e. The maximum atomic E-state index is 5.76. The van der Waals surface area contributed by atoms with Gasteiger partial charge < -0.3 is 10.1 Å². The molecular weight excluding hydrogens is 222 g/mol. The van der Waals surface area contributed by atoms with Gasteiger partial charge in [-0.05, 0) is 62.6 Å². The third kappa shape index (κ3) is 2.54. The molecule has 2 atom stereocenters. The Labute approximate surface area is 110 Å². The van der Waals surface area contributed by atoms with Gasteiger partial charge >= 0.3 is 0 Å². The summed E-state index contributed by atoms with van der Waals surface area (Å²) >= 11 is 0. The van der Waals surface area contributed by atoms with Gasteiger partial charge in [0.15, 0.2) is 0 Å². The number of hydrogen-bond donors (Lipinski definition) is 1. The molecule has 2 aliphatic rings. The Morgan fingerprint density at radius 3 is 2.67 bits per heavy atom. The fourth-order valence-electron chi connectivity index (χ4n) is 2.90. The van der Waals surface area contributed by atoms with Gasteiger partial charge in [-0.15, -0.1) is 0 Å². The van der Waals surface area contributed by atoms with Gasteiger partial charge in [0.2, 0.25) is 0 Å². The molecule has 3 rings (SSSR count). The van der Waals surface area contributed by atoms with Crippen LogP contribution in [-0.4, -0.2) is 19.2 Å². The van der Waals surface area contributed by atoms with Crippen molar-refractivity contribution in [2.45, 2.75) is 44.6 Å². The molecule has 2 fully saturated rings. The van der Waals surface area contributed by atoms with Gasteiger partial charge in [-0.1, -0.05) is 18.2 Å². The summed E-state index contributed by atoms with van der Waals surface area (Å²) in [5.41, 5.74) is 1.42. The lowest BCUT2D eigenvalue weighted by molar-refractivity contribution is 0.235. The topological polar surface area (TPSA) is 21.3 Å². The van der Waals surface area contributed by atoms with E-state index in [4.69, 9.17) is 4.74 Å². The zero-order valence-corrected chi connectivity index (χ0v) is 11.2. The van der Waals surface area contributed by atoms with Crippen LogP contribution in [0.5, 0.6) is 5.75 Å². The lowest BCUT2D eigenvalue weighted by atomic mass is 9.69. The highest BCUT2D eigenvalue weighted by molar-refractivity contribution is 5.38. The predicted octanol–water partition coefficient (Wildman–Crippen LogP) is 3.33. The van der Waals surface area contributed by atoms with E-state index < -0.39 is 0 Å². The molecule has 2 saturated carbocycles. The van der Waals surface area contributed by atoms with Crippen LogP contribution in [-0.2, 0) is 0 Å². The molecule has 1 aromatic carbocycles. The Morgan fingerprint density at radius 1 is 1.17 bits per heavy atom. The van der Waals surface area contributed by atoms with Crippen molar-refractivity contribution >= 4 is 0 Å². The van der Waals surface area contributed by atoms with E-state index in [2.05, 4.69) is 36.5 Å². The van der Waals surface area contributed by atoms with Crippen LogP contribution in [0.4, 0.5) is 0 Å². The first-order valence-electron chi connectivity index (χ1n) is 7.33. The lowest BCUT2D eigenvalue weighted by Gasteiger charge is -2.38. The van der Waals surface area contributed by atoms with Crippen LogP contribution in [0.15, 0.2) is 24.3 Å². The number of rotatable bonds is 6. The first-order valence-corrected chi connectivity index (χ1v) is 7.33. The van der Waals surface area contributed by atoms with Crippen molar-refractivity contribution in [3.63, 3.8) is 0 Å². The Morgan fingerprint density at radius 2 is 2.00 bits per heavy atom. The van der Waals surface area contributed by atoms with Crippen LogP contribution in [0.1, 0.15) is 44.1 Å². The molecule has 2 unspecified atom stereocenters. The van der Waals surface area contributed by atoms with Gasteiger partial charge in [0.1, 0.15) is 5.75 Å². The second kappa shape index (κ2) is 5.31. The van der Waals surface area contributed by atoms with Crippen LogP contribution >= 0.6 is 0 Å². The molecule has 0 radical (unpaired) electrons. The molecular formula is C16H23NO. The molecule has 0 saturated heterocycles. The predicted molar refractivity (Wildman–Crippen MR) is 74.1 cm³/mol. The monoisotopic (exact) mass is 245 g/mol. The highest BCUT2D eigenvalue weighted by Gasteiger charge is 2.34. The number of nitrogens with one attached hydrogen (secondary N) is 1. The summed E-state index contributed by atoms with van der Waals surface area (Å²) in [6.45, 7) is 4.01. The summed E-state index contributed by atoms with van der Waals surface area (Å²) in [7, 11) is 0. The maximum Gasteiger partial charge on any atom is 0.122 e. The standard InChI is InChI=1S/C16H23NO/c1-2-18-16-6-4-3-5-15(16)14-10-7-12(14)11-17-13-8-9-13/h3-6,12-14,17H,2,7-11H2,1H3. The van der Waals surface area contributed by atoms with E-state index in [9.17, 15) is 0 Å². The van der Waals surface area contributed by atoms with Crippen molar-refractivity contribution < 1.29 is 4.74 Å². The molecule has 0 bridgehead atoms. The molecule has 98 valence electrons. The van der Waals surface area contributed by atoms with Gasteiger partial charge in [0.25, 0.3) is 0 Å². The minimum absolute atomic E-state index is 0.707. The Bertz CT molecular complexity index is 400. The van der Waals surface area contributed by atoms with Gasteiger partial charge in [0.05, 0.1) is 6.61 Å². The molecule has 1 N–H and O–H groups in total. The Balaban J connectivity index is 1.65. The largest absolute Gasteiger partial charge is 0.494 e. The fourth-order valence-corrected chi connectivity index (χ4v) is 2.90. The number of benzene rings is 1. The highest BCUT2D eigenvalue weighted by atomic mass is 16.5. The molecule has 0 heterocycles. The van der Waals surface area contributed by atoms with Gasteiger partial charge in [-0.2, -0.15) is 0 Å². The highest BCUT2D eigenvalue weighted by Crippen LogP contribution is 2.45. The van der Waals surface area contributed by atoms with Crippen molar-refractivity contribution in [1.29, 1.82) is 0 Å². The van der Waals surface area contributed by atoms with Gasteiger partial charge in [-0.3, -0.25) is 0 Å².